The SMILES string of the molecule is Clc1cncc(Cl)c1-c1noc(C2CC2)c1COC12CCC(/C=C/c3ccc4ccnc(N5CCOCC5)c4c3)(CC1)CC2. The first kappa shape index (κ1) is 28.5. The standard InChI is InChI=1S/C35H36Cl2N4O3/c36-28-20-38-21-29(37)30(28)31-27(32(44-40-31)25-3-4-25)22-43-35-11-8-34(9-12-35,10-13-35)7-5-23-1-2-24-6-14-39-33(26(24)19-23)41-15-17-42-18-16-41/h1-2,5-7,14,19-21,25H,3-4,8-13,15-18,22H2/b7-5+. The molecule has 9 rings (SSSR count). The molecule has 0 spiro atoms. The van der Waals surface area contributed by atoms with Crippen molar-refractivity contribution in [2.45, 2.75) is 69.5 Å². The molecule has 44 heavy (non-hydrogen) atoms. The second-order valence-electron chi connectivity index (χ2n) is 13.0. The van der Waals surface area contributed by atoms with Crippen molar-refractivity contribution in [2.24, 2.45) is 5.41 Å². The van der Waals surface area contributed by atoms with Crippen LogP contribution in [0, 0.1) is 5.41 Å². The Bertz CT molecular complexity index is 1680. The summed E-state index contributed by atoms with van der Waals surface area (Å²) in [6.07, 6.45) is 18.7. The number of allylic oxidation sites excluding steroid dienone is 1. The number of nitrogens with zero attached hydrogens (tertiary/aromatic N) is 4. The lowest BCUT2D eigenvalue weighted by Crippen LogP contribution is -2.46. The molecule has 2 bridgehead atoms. The summed E-state index contributed by atoms with van der Waals surface area (Å²) in [6, 6.07) is 8.85. The summed E-state index contributed by atoms with van der Waals surface area (Å²) in [5.74, 6) is 2.38. The number of pyridine rings is 2. The van der Waals surface area contributed by atoms with Gasteiger partial charge >= 0.3 is 0 Å². The zero-order chi connectivity index (χ0) is 29.7. The molecular weight excluding hydrogens is 595 g/mol. The van der Waals surface area contributed by atoms with E-state index < -0.39 is 0 Å². The fourth-order valence-electron chi connectivity index (χ4n) is 7.41. The van der Waals surface area contributed by atoms with Gasteiger partial charge in [0.25, 0.3) is 0 Å². The number of rotatable bonds is 8. The van der Waals surface area contributed by atoms with Gasteiger partial charge in [-0.05, 0) is 79.9 Å². The first-order chi connectivity index (χ1) is 21.5. The molecule has 228 valence electrons. The van der Waals surface area contributed by atoms with Gasteiger partial charge in [-0.3, -0.25) is 4.98 Å². The van der Waals surface area contributed by atoms with Crippen molar-refractivity contribution in [1.82, 2.24) is 15.1 Å². The van der Waals surface area contributed by atoms with Crippen LogP contribution >= 0.6 is 23.2 Å². The van der Waals surface area contributed by atoms with Crippen LogP contribution in [0.3, 0.4) is 0 Å². The average Bonchev–Trinajstić information content (AvgIpc) is 3.83. The summed E-state index contributed by atoms with van der Waals surface area (Å²) in [6.45, 7) is 3.72. The largest absolute Gasteiger partial charge is 0.378 e. The van der Waals surface area contributed by atoms with Crippen LogP contribution in [0.15, 0.2) is 53.5 Å². The predicted octanol–water partition coefficient (Wildman–Crippen LogP) is 8.63. The van der Waals surface area contributed by atoms with Crippen LogP contribution in [0.4, 0.5) is 5.82 Å². The van der Waals surface area contributed by atoms with Gasteiger partial charge in [0.1, 0.15) is 17.3 Å². The minimum Gasteiger partial charge on any atom is -0.378 e. The van der Waals surface area contributed by atoms with E-state index in [9.17, 15) is 0 Å². The van der Waals surface area contributed by atoms with Gasteiger partial charge in [0.05, 0.1) is 35.5 Å². The van der Waals surface area contributed by atoms with Gasteiger partial charge in [-0.2, -0.15) is 0 Å². The molecule has 3 aromatic heterocycles. The summed E-state index contributed by atoms with van der Waals surface area (Å²) in [5, 5.41) is 7.81. The number of benzene rings is 1. The minimum absolute atomic E-state index is 0.113. The third-order valence-corrected chi connectivity index (χ3v) is 10.9. The maximum atomic E-state index is 6.84. The van der Waals surface area contributed by atoms with E-state index in [-0.39, 0.29) is 11.0 Å². The second kappa shape index (κ2) is 11.4. The van der Waals surface area contributed by atoms with Gasteiger partial charge in [-0.25, -0.2) is 4.98 Å². The number of aromatic nitrogens is 3. The van der Waals surface area contributed by atoms with Gasteiger partial charge in [0, 0.05) is 54.1 Å². The summed E-state index contributed by atoms with van der Waals surface area (Å²) in [7, 11) is 0. The van der Waals surface area contributed by atoms with Crippen LogP contribution in [0.25, 0.3) is 28.1 Å². The van der Waals surface area contributed by atoms with E-state index >= 15 is 0 Å². The van der Waals surface area contributed by atoms with Gasteiger partial charge in [-0.15, -0.1) is 0 Å². The number of ether oxygens (including phenoxy) is 2. The molecule has 4 aromatic rings. The minimum atomic E-state index is -0.113. The molecule has 7 nitrogen and oxygen atoms in total. The molecule has 0 unspecified atom stereocenters. The Morgan fingerprint density at radius 2 is 1.73 bits per heavy atom. The van der Waals surface area contributed by atoms with Crippen LogP contribution in [0.2, 0.25) is 10.0 Å². The Hall–Kier alpha value is -2.97. The average molecular weight is 632 g/mol. The number of hydrogen-bond donors (Lipinski definition) is 0. The van der Waals surface area contributed by atoms with Gasteiger partial charge in [0.15, 0.2) is 0 Å². The second-order valence-corrected chi connectivity index (χ2v) is 13.8. The number of anilines is 1. The van der Waals surface area contributed by atoms with Crippen LogP contribution in [0.1, 0.15) is 74.2 Å². The first-order valence-electron chi connectivity index (χ1n) is 15.8. The molecule has 1 aliphatic heterocycles. The van der Waals surface area contributed by atoms with E-state index in [0.29, 0.717) is 33.8 Å². The van der Waals surface area contributed by atoms with Crippen molar-refractivity contribution >= 4 is 45.9 Å². The van der Waals surface area contributed by atoms with E-state index in [4.69, 9.17) is 42.2 Å². The van der Waals surface area contributed by atoms with Gasteiger partial charge in [0.2, 0.25) is 0 Å². The molecule has 0 N–H and O–H groups in total. The van der Waals surface area contributed by atoms with Crippen molar-refractivity contribution in [2.75, 3.05) is 31.2 Å². The van der Waals surface area contributed by atoms with Crippen molar-refractivity contribution in [3.63, 3.8) is 0 Å². The number of halogens is 2. The molecule has 5 fully saturated rings. The van der Waals surface area contributed by atoms with Crippen molar-refractivity contribution in [1.29, 1.82) is 0 Å². The molecule has 5 aliphatic rings. The molecule has 4 saturated carbocycles. The van der Waals surface area contributed by atoms with Gasteiger partial charge < -0.3 is 18.9 Å². The normalized spacial score (nSPS) is 25.4. The summed E-state index contributed by atoms with van der Waals surface area (Å²) in [5.41, 5.74) is 3.69. The highest BCUT2D eigenvalue weighted by atomic mass is 35.5. The van der Waals surface area contributed by atoms with Crippen LogP contribution in [0.5, 0.6) is 0 Å². The Labute approximate surface area is 267 Å². The summed E-state index contributed by atoms with van der Waals surface area (Å²) < 4.78 is 18.3. The molecule has 4 heterocycles. The maximum Gasteiger partial charge on any atom is 0.145 e. The lowest BCUT2D eigenvalue weighted by Gasteiger charge is -2.52. The fraction of sp³-hybridized carbons (Fsp3) is 0.457. The first-order valence-corrected chi connectivity index (χ1v) is 16.6. The molecule has 1 saturated heterocycles. The van der Waals surface area contributed by atoms with E-state index in [0.717, 1.165) is 94.8 Å². The number of morpholine rings is 1. The fourth-order valence-corrected chi connectivity index (χ4v) is 7.95. The Morgan fingerprint density at radius 3 is 2.45 bits per heavy atom. The van der Waals surface area contributed by atoms with Crippen molar-refractivity contribution < 1.29 is 14.0 Å². The molecule has 4 aliphatic carbocycles. The van der Waals surface area contributed by atoms with Crippen LogP contribution in [-0.4, -0.2) is 47.0 Å². The van der Waals surface area contributed by atoms with Crippen LogP contribution in [-0.2, 0) is 16.1 Å². The van der Waals surface area contributed by atoms with Crippen molar-refractivity contribution in [3.05, 3.63) is 75.9 Å². The van der Waals surface area contributed by atoms with Crippen LogP contribution < -0.4 is 4.90 Å². The van der Waals surface area contributed by atoms with E-state index in [1.54, 1.807) is 12.4 Å². The highest BCUT2D eigenvalue weighted by Crippen LogP contribution is 2.55. The lowest BCUT2D eigenvalue weighted by atomic mass is 9.58. The monoisotopic (exact) mass is 630 g/mol. The lowest BCUT2D eigenvalue weighted by molar-refractivity contribution is -0.133. The zero-order valence-electron chi connectivity index (χ0n) is 24.7. The molecule has 0 atom stereocenters. The quantitative estimate of drug-likeness (QED) is 0.193. The Morgan fingerprint density at radius 1 is 0.977 bits per heavy atom. The highest BCUT2D eigenvalue weighted by Gasteiger charge is 2.48. The van der Waals surface area contributed by atoms with Gasteiger partial charge in [-0.1, -0.05) is 52.6 Å². The third-order valence-electron chi connectivity index (χ3n) is 10.3. The van der Waals surface area contributed by atoms with E-state index in [2.05, 4.69) is 51.5 Å². The van der Waals surface area contributed by atoms with E-state index in [1.807, 2.05) is 6.20 Å². The zero-order valence-corrected chi connectivity index (χ0v) is 26.2. The highest BCUT2D eigenvalue weighted by molar-refractivity contribution is 6.38. The molecule has 9 heteroatoms. The topological polar surface area (TPSA) is 73.5 Å². The molecular formula is C35H36Cl2N4O3. The maximum absolute atomic E-state index is 6.84. The summed E-state index contributed by atoms with van der Waals surface area (Å²) in [4.78, 5) is 11.2. The molecule has 0 radical (unpaired) electrons. The third kappa shape index (κ3) is 5.32. The summed E-state index contributed by atoms with van der Waals surface area (Å²) >= 11 is 13.1. The predicted molar refractivity (Wildman–Crippen MR) is 173 cm³/mol. The Kier molecular flexibility index (Phi) is 7.41. The Balaban J connectivity index is 0.977. The van der Waals surface area contributed by atoms with Crippen molar-refractivity contribution in [3.8, 4) is 11.3 Å². The molecule has 0 amide bonds. The number of hydrogen-bond acceptors (Lipinski definition) is 7. The smallest absolute Gasteiger partial charge is 0.145 e. The number of fused-ring (bicyclic) bond motifs is 4. The molecule has 1 aromatic carbocycles. The van der Waals surface area contributed by atoms with E-state index in [1.165, 1.54) is 16.3 Å².